The molecular weight excluding hydrogens is 196 g/mol. The summed E-state index contributed by atoms with van der Waals surface area (Å²) in [6.45, 7) is 6.69. The topological polar surface area (TPSA) is 24.1 Å². The molecule has 0 bridgehead atoms. The Labute approximate surface area is 98.4 Å². The lowest BCUT2D eigenvalue weighted by Crippen LogP contribution is -2.35. The fraction of sp³-hybridized carbons (Fsp3) is 0.571. The molecule has 16 heavy (non-hydrogen) atoms. The molecule has 1 fully saturated rings. The van der Waals surface area contributed by atoms with Crippen molar-refractivity contribution in [2.75, 3.05) is 13.1 Å². The summed E-state index contributed by atoms with van der Waals surface area (Å²) in [6, 6.07) is 9.74. The van der Waals surface area contributed by atoms with Crippen molar-refractivity contribution < 1.29 is 0 Å². The summed E-state index contributed by atoms with van der Waals surface area (Å²) in [7, 11) is 0. The van der Waals surface area contributed by atoms with Gasteiger partial charge in [-0.25, -0.2) is 0 Å². The van der Waals surface area contributed by atoms with E-state index in [4.69, 9.17) is 0 Å². The van der Waals surface area contributed by atoms with E-state index in [0.717, 1.165) is 6.54 Å². The van der Waals surface area contributed by atoms with Crippen LogP contribution in [0, 0.1) is 6.92 Å². The normalized spacial score (nSPS) is 22.2. The van der Waals surface area contributed by atoms with E-state index in [-0.39, 0.29) is 0 Å². The molecule has 1 unspecified atom stereocenters. The lowest BCUT2D eigenvalue weighted by atomic mass is 10.0. The van der Waals surface area contributed by atoms with Crippen molar-refractivity contribution in [1.29, 1.82) is 0 Å². The molecule has 1 saturated heterocycles. The van der Waals surface area contributed by atoms with Gasteiger partial charge in [-0.1, -0.05) is 24.3 Å². The first-order valence-corrected chi connectivity index (χ1v) is 6.29. The Morgan fingerprint density at radius 2 is 2.25 bits per heavy atom. The molecule has 1 aromatic carbocycles. The molecule has 0 aliphatic carbocycles. The third-order valence-corrected chi connectivity index (χ3v) is 3.49. The van der Waals surface area contributed by atoms with Gasteiger partial charge in [-0.15, -0.1) is 0 Å². The van der Waals surface area contributed by atoms with E-state index in [0.29, 0.717) is 12.1 Å². The predicted octanol–water partition coefficient (Wildman–Crippen LogP) is 2.40. The summed E-state index contributed by atoms with van der Waals surface area (Å²) in [4.78, 5) is 0. The molecule has 1 aromatic rings. The lowest BCUT2D eigenvalue weighted by molar-refractivity contribution is 0.489. The molecule has 0 saturated carbocycles. The number of hydrogen-bond donors (Lipinski definition) is 2. The Bertz CT molecular complexity index is 329. The van der Waals surface area contributed by atoms with Gasteiger partial charge in [0.2, 0.25) is 0 Å². The number of benzene rings is 1. The summed E-state index contributed by atoms with van der Waals surface area (Å²) >= 11 is 0. The smallest absolute Gasteiger partial charge is 0.0295 e. The molecule has 2 N–H and O–H groups in total. The second-order valence-corrected chi connectivity index (χ2v) is 4.78. The molecule has 2 heteroatoms. The first-order chi connectivity index (χ1) is 7.77. The number of rotatable bonds is 4. The van der Waals surface area contributed by atoms with Crippen LogP contribution in [0.2, 0.25) is 0 Å². The maximum absolute atomic E-state index is 3.62. The summed E-state index contributed by atoms with van der Waals surface area (Å²) in [5.41, 5.74) is 2.79. The molecule has 0 radical (unpaired) electrons. The van der Waals surface area contributed by atoms with E-state index in [1.807, 2.05) is 0 Å². The molecule has 0 amide bonds. The van der Waals surface area contributed by atoms with Crippen molar-refractivity contribution in [2.24, 2.45) is 0 Å². The van der Waals surface area contributed by atoms with Crippen LogP contribution in [0.4, 0.5) is 0 Å². The zero-order valence-corrected chi connectivity index (χ0v) is 10.3. The molecule has 1 aliphatic heterocycles. The van der Waals surface area contributed by atoms with E-state index in [2.05, 4.69) is 48.7 Å². The summed E-state index contributed by atoms with van der Waals surface area (Å²) < 4.78 is 0. The van der Waals surface area contributed by atoms with Gasteiger partial charge in [0, 0.05) is 18.6 Å². The molecule has 0 spiro atoms. The van der Waals surface area contributed by atoms with E-state index in [9.17, 15) is 0 Å². The van der Waals surface area contributed by atoms with Gasteiger partial charge in [0.1, 0.15) is 0 Å². The van der Waals surface area contributed by atoms with Crippen LogP contribution in [0.15, 0.2) is 24.3 Å². The number of aryl methyl sites for hydroxylation is 1. The van der Waals surface area contributed by atoms with Crippen molar-refractivity contribution in [3.63, 3.8) is 0 Å². The first kappa shape index (κ1) is 11.6. The van der Waals surface area contributed by atoms with E-state index >= 15 is 0 Å². The van der Waals surface area contributed by atoms with Crippen molar-refractivity contribution in [2.45, 2.75) is 38.8 Å². The minimum Gasteiger partial charge on any atom is -0.313 e. The third kappa shape index (κ3) is 2.83. The third-order valence-electron chi connectivity index (χ3n) is 3.49. The van der Waals surface area contributed by atoms with Crippen molar-refractivity contribution in [3.8, 4) is 0 Å². The van der Waals surface area contributed by atoms with Crippen molar-refractivity contribution in [3.05, 3.63) is 35.4 Å². The quantitative estimate of drug-likeness (QED) is 0.811. The van der Waals surface area contributed by atoms with Crippen LogP contribution in [0.3, 0.4) is 0 Å². The molecule has 1 aliphatic rings. The predicted molar refractivity (Wildman–Crippen MR) is 68.6 cm³/mol. The highest BCUT2D eigenvalue weighted by atomic mass is 15.0. The van der Waals surface area contributed by atoms with Gasteiger partial charge in [-0.2, -0.15) is 0 Å². The minimum atomic E-state index is 0.448. The molecule has 2 rings (SSSR count). The van der Waals surface area contributed by atoms with Gasteiger partial charge in [0.05, 0.1) is 0 Å². The second kappa shape index (κ2) is 5.46. The van der Waals surface area contributed by atoms with Gasteiger partial charge in [0.25, 0.3) is 0 Å². The highest BCUT2D eigenvalue weighted by molar-refractivity contribution is 5.28. The van der Waals surface area contributed by atoms with Crippen LogP contribution >= 0.6 is 0 Å². The van der Waals surface area contributed by atoms with Gasteiger partial charge in [-0.3, -0.25) is 0 Å². The number of nitrogens with one attached hydrogen (secondary N) is 2. The van der Waals surface area contributed by atoms with Gasteiger partial charge < -0.3 is 10.6 Å². The van der Waals surface area contributed by atoms with E-state index in [1.54, 1.807) is 0 Å². The zero-order valence-electron chi connectivity index (χ0n) is 10.3. The van der Waals surface area contributed by atoms with E-state index < -0.39 is 0 Å². The second-order valence-electron chi connectivity index (χ2n) is 4.78. The monoisotopic (exact) mass is 218 g/mol. The maximum Gasteiger partial charge on any atom is 0.0295 e. The molecule has 88 valence electrons. The molecule has 2 atom stereocenters. The Kier molecular flexibility index (Phi) is 3.97. The summed E-state index contributed by atoms with van der Waals surface area (Å²) in [6.07, 6.45) is 2.64. The fourth-order valence-electron chi connectivity index (χ4n) is 2.43. The Morgan fingerprint density at radius 1 is 1.44 bits per heavy atom. The summed E-state index contributed by atoms with van der Waals surface area (Å²) in [5, 5.41) is 7.13. The van der Waals surface area contributed by atoms with Crippen molar-refractivity contribution >= 4 is 0 Å². The Balaban J connectivity index is 1.87. The highest BCUT2D eigenvalue weighted by Crippen LogP contribution is 2.16. The van der Waals surface area contributed by atoms with Crippen molar-refractivity contribution in [1.82, 2.24) is 10.6 Å². The summed E-state index contributed by atoms with van der Waals surface area (Å²) in [5.74, 6) is 0. The Hall–Kier alpha value is -0.860. The molecule has 1 heterocycles. The average Bonchev–Trinajstić information content (AvgIpc) is 2.79. The van der Waals surface area contributed by atoms with Gasteiger partial charge in [-0.05, 0) is 44.4 Å². The molecular formula is C14H22N2. The largest absolute Gasteiger partial charge is 0.313 e. The minimum absolute atomic E-state index is 0.448. The Morgan fingerprint density at radius 3 is 2.94 bits per heavy atom. The van der Waals surface area contributed by atoms with Crippen LogP contribution in [0.1, 0.15) is 36.9 Å². The average molecular weight is 218 g/mol. The first-order valence-electron chi connectivity index (χ1n) is 6.29. The molecule has 0 aromatic heterocycles. The van der Waals surface area contributed by atoms with Crippen LogP contribution in [-0.4, -0.2) is 19.1 Å². The van der Waals surface area contributed by atoms with Crippen LogP contribution in [-0.2, 0) is 0 Å². The zero-order chi connectivity index (χ0) is 11.4. The van der Waals surface area contributed by atoms with E-state index in [1.165, 1.54) is 30.5 Å². The van der Waals surface area contributed by atoms with Gasteiger partial charge >= 0.3 is 0 Å². The lowest BCUT2D eigenvalue weighted by Gasteiger charge is -2.19. The highest BCUT2D eigenvalue weighted by Gasteiger charge is 2.15. The van der Waals surface area contributed by atoms with Gasteiger partial charge in [0.15, 0.2) is 0 Å². The number of hydrogen-bond acceptors (Lipinski definition) is 2. The van der Waals surface area contributed by atoms with Crippen LogP contribution < -0.4 is 10.6 Å². The standard InChI is InChI=1S/C14H22N2/c1-11-6-3-4-8-14(11)12(2)16-10-13-7-5-9-15-13/h3-4,6,8,12-13,15-16H,5,7,9-10H2,1-2H3/t12-,13?/m1/s1. The van der Waals surface area contributed by atoms with Crippen LogP contribution in [0.25, 0.3) is 0 Å². The van der Waals surface area contributed by atoms with Crippen LogP contribution in [0.5, 0.6) is 0 Å². The SMILES string of the molecule is Cc1ccccc1[C@@H](C)NCC1CCCN1. The molecule has 2 nitrogen and oxygen atoms in total. The maximum atomic E-state index is 3.62. The fourth-order valence-corrected chi connectivity index (χ4v) is 2.43.